The molecule has 0 radical (unpaired) electrons. The Kier molecular flexibility index (Phi) is 4.81. The van der Waals surface area contributed by atoms with Gasteiger partial charge in [0.2, 0.25) is 11.9 Å². The van der Waals surface area contributed by atoms with E-state index in [-0.39, 0.29) is 11.9 Å². The van der Waals surface area contributed by atoms with Crippen molar-refractivity contribution in [3.63, 3.8) is 0 Å². The number of hydrazine groups is 1. The zero-order valence-electron chi connectivity index (χ0n) is 10.7. The van der Waals surface area contributed by atoms with Gasteiger partial charge < -0.3 is 10.6 Å². The number of carbonyl (C=O) groups is 1. The van der Waals surface area contributed by atoms with Crippen molar-refractivity contribution in [3.05, 3.63) is 0 Å². The lowest BCUT2D eigenvalue weighted by Crippen LogP contribution is -2.53. The van der Waals surface area contributed by atoms with E-state index >= 15 is 0 Å². The van der Waals surface area contributed by atoms with Crippen LogP contribution in [0.3, 0.4) is 0 Å². The summed E-state index contributed by atoms with van der Waals surface area (Å²) in [5.41, 5.74) is 2.63. The topological polar surface area (TPSA) is 91.5 Å². The van der Waals surface area contributed by atoms with E-state index in [1.165, 1.54) is 19.3 Å². The van der Waals surface area contributed by atoms with Gasteiger partial charge in [-0.1, -0.05) is 19.3 Å². The van der Waals surface area contributed by atoms with Crippen LogP contribution in [0.1, 0.15) is 44.9 Å². The normalized spacial score (nSPS) is 26.6. The number of rotatable bonds is 2. The van der Waals surface area contributed by atoms with Crippen LogP contribution >= 0.6 is 0 Å². The fourth-order valence-corrected chi connectivity index (χ4v) is 2.56. The highest BCUT2D eigenvalue weighted by atomic mass is 16.1. The minimum Gasteiger partial charge on any atom is -0.354 e. The first-order chi connectivity index (χ1) is 8.78. The van der Waals surface area contributed by atoms with Crippen LogP contribution < -0.4 is 21.9 Å². The predicted molar refractivity (Wildman–Crippen MR) is 70.8 cm³/mol. The Labute approximate surface area is 108 Å². The fourth-order valence-electron chi connectivity index (χ4n) is 2.56. The number of nitrogens with zero attached hydrogens (tertiary/aromatic N) is 1. The number of piperidine rings is 1. The lowest BCUT2D eigenvalue weighted by Gasteiger charge is -2.26. The van der Waals surface area contributed by atoms with Crippen molar-refractivity contribution < 1.29 is 4.79 Å². The third kappa shape index (κ3) is 3.87. The number of amides is 1. The van der Waals surface area contributed by atoms with E-state index in [9.17, 15) is 4.79 Å². The van der Waals surface area contributed by atoms with Gasteiger partial charge in [-0.15, -0.1) is 0 Å². The van der Waals surface area contributed by atoms with Gasteiger partial charge in [-0.2, -0.15) is 0 Å². The summed E-state index contributed by atoms with van der Waals surface area (Å²) >= 11 is 0. The molecule has 102 valence electrons. The largest absolute Gasteiger partial charge is 0.354 e. The highest BCUT2D eigenvalue weighted by Gasteiger charge is 2.19. The molecule has 0 aromatic heterocycles. The van der Waals surface area contributed by atoms with Crippen LogP contribution in [0, 0.1) is 0 Å². The molecule has 6 nitrogen and oxygen atoms in total. The summed E-state index contributed by atoms with van der Waals surface area (Å²) in [5, 5.41) is 6.11. The zero-order valence-corrected chi connectivity index (χ0v) is 10.7. The first-order valence-electron chi connectivity index (χ1n) is 6.85. The molecule has 6 heteroatoms. The van der Waals surface area contributed by atoms with E-state index in [1.54, 1.807) is 0 Å². The van der Waals surface area contributed by atoms with Crippen LogP contribution in [0.25, 0.3) is 0 Å². The molecule has 0 aromatic rings. The standard InChI is InChI=1S/C12H23N5O/c13-17-12(15-9-4-2-1-3-5-9)16-10-6-7-11(18)14-8-10/h9-10H,1-8,13H2,(H,14,18)(H2,15,16,17). The van der Waals surface area contributed by atoms with Crippen molar-refractivity contribution in [2.75, 3.05) is 6.54 Å². The molecule has 5 N–H and O–H groups in total. The monoisotopic (exact) mass is 253 g/mol. The molecule has 0 spiro atoms. The molecule has 1 saturated carbocycles. The van der Waals surface area contributed by atoms with Gasteiger partial charge in [-0.25, -0.2) is 10.8 Å². The summed E-state index contributed by atoms with van der Waals surface area (Å²) in [6.07, 6.45) is 7.52. The van der Waals surface area contributed by atoms with Crippen LogP contribution in [-0.2, 0) is 4.79 Å². The number of carbonyl (C=O) groups excluding carboxylic acids is 1. The van der Waals surface area contributed by atoms with Crippen LogP contribution in [0.15, 0.2) is 4.99 Å². The van der Waals surface area contributed by atoms with E-state index in [0.29, 0.717) is 25.0 Å². The van der Waals surface area contributed by atoms with Gasteiger partial charge in [0.05, 0.1) is 6.04 Å². The number of guanidine groups is 1. The number of nitrogens with one attached hydrogen (secondary N) is 3. The van der Waals surface area contributed by atoms with Crippen LogP contribution in [0.4, 0.5) is 0 Å². The van der Waals surface area contributed by atoms with Crippen LogP contribution in [0.2, 0.25) is 0 Å². The van der Waals surface area contributed by atoms with Gasteiger partial charge in [0.25, 0.3) is 0 Å². The van der Waals surface area contributed by atoms with Gasteiger partial charge in [0, 0.05) is 19.0 Å². The molecule has 0 bridgehead atoms. The lowest BCUT2D eigenvalue weighted by molar-refractivity contribution is -0.122. The molecule has 1 saturated heterocycles. The minimum atomic E-state index is 0.125. The summed E-state index contributed by atoms with van der Waals surface area (Å²) < 4.78 is 0. The van der Waals surface area contributed by atoms with Crippen molar-refractivity contribution >= 4 is 11.9 Å². The summed E-state index contributed by atoms with van der Waals surface area (Å²) in [6, 6.07) is 0.608. The molecular weight excluding hydrogens is 230 g/mol. The minimum absolute atomic E-state index is 0.125. The third-order valence-corrected chi connectivity index (χ3v) is 3.63. The van der Waals surface area contributed by atoms with Crippen molar-refractivity contribution in [2.24, 2.45) is 10.8 Å². The summed E-state index contributed by atoms with van der Waals surface area (Å²) in [7, 11) is 0. The zero-order chi connectivity index (χ0) is 12.8. The number of hydrogen-bond donors (Lipinski definition) is 4. The number of nitrogens with two attached hydrogens (primary N) is 1. The Morgan fingerprint density at radius 1 is 1.28 bits per heavy atom. The SMILES string of the molecule is NNC(=NC1CCCCC1)NC1CCC(=O)NC1. The average Bonchev–Trinajstić information content (AvgIpc) is 2.41. The second-order valence-corrected chi connectivity index (χ2v) is 5.10. The first-order valence-corrected chi connectivity index (χ1v) is 6.85. The number of aliphatic imine (C=N–C) groups is 1. The molecule has 2 aliphatic rings. The first kappa shape index (κ1) is 13.1. The van der Waals surface area contributed by atoms with Gasteiger partial charge in [0.1, 0.15) is 0 Å². The van der Waals surface area contributed by atoms with E-state index in [2.05, 4.69) is 21.1 Å². The molecule has 1 atom stereocenters. The average molecular weight is 253 g/mol. The maximum atomic E-state index is 11.1. The van der Waals surface area contributed by atoms with Gasteiger partial charge >= 0.3 is 0 Å². The quantitative estimate of drug-likeness (QED) is 0.241. The molecule has 1 aliphatic carbocycles. The van der Waals surface area contributed by atoms with E-state index in [4.69, 9.17) is 5.84 Å². The predicted octanol–water partition coefficient (Wildman–Crippen LogP) is 0.00660. The van der Waals surface area contributed by atoms with E-state index in [0.717, 1.165) is 19.3 Å². The smallest absolute Gasteiger partial charge is 0.220 e. The summed E-state index contributed by atoms with van der Waals surface area (Å²) in [6.45, 7) is 0.643. The second kappa shape index (κ2) is 6.58. The molecule has 1 amide bonds. The Balaban J connectivity index is 1.83. The Morgan fingerprint density at radius 3 is 2.67 bits per heavy atom. The summed E-state index contributed by atoms with van der Waals surface area (Å²) in [5.74, 6) is 6.28. The van der Waals surface area contributed by atoms with Crippen molar-refractivity contribution in [1.82, 2.24) is 16.1 Å². The van der Waals surface area contributed by atoms with Gasteiger partial charge in [-0.05, 0) is 19.3 Å². The molecule has 1 unspecified atom stereocenters. The third-order valence-electron chi connectivity index (χ3n) is 3.63. The van der Waals surface area contributed by atoms with Crippen LogP contribution in [0.5, 0.6) is 0 Å². The van der Waals surface area contributed by atoms with E-state index < -0.39 is 0 Å². The van der Waals surface area contributed by atoms with E-state index in [1.807, 2.05) is 0 Å². The second-order valence-electron chi connectivity index (χ2n) is 5.10. The Morgan fingerprint density at radius 2 is 2.06 bits per heavy atom. The molecule has 2 fully saturated rings. The lowest BCUT2D eigenvalue weighted by atomic mass is 9.96. The van der Waals surface area contributed by atoms with Gasteiger partial charge in [0.15, 0.2) is 0 Å². The van der Waals surface area contributed by atoms with Crippen molar-refractivity contribution in [3.8, 4) is 0 Å². The molecule has 0 aromatic carbocycles. The molecule has 1 aliphatic heterocycles. The molecule has 18 heavy (non-hydrogen) atoms. The summed E-state index contributed by atoms with van der Waals surface area (Å²) in [4.78, 5) is 15.7. The van der Waals surface area contributed by atoms with Crippen molar-refractivity contribution in [1.29, 1.82) is 0 Å². The molecule has 2 rings (SSSR count). The highest BCUT2D eigenvalue weighted by molar-refractivity contribution is 5.81. The Hall–Kier alpha value is -1.30. The van der Waals surface area contributed by atoms with Crippen LogP contribution in [-0.4, -0.2) is 30.5 Å². The maximum absolute atomic E-state index is 11.1. The van der Waals surface area contributed by atoms with Crippen molar-refractivity contribution in [2.45, 2.75) is 57.0 Å². The Bertz CT molecular complexity index is 302. The highest BCUT2D eigenvalue weighted by Crippen LogP contribution is 2.20. The molecule has 1 heterocycles. The number of hydrogen-bond acceptors (Lipinski definition) is 3. The van der Waals surface area contributed by atoms with Gasteiger partial charge in [-0.3, -0.25) is 10.2 Å². The molecular formula is C12H23N5O. The fraction of sp³-hybridized carbons (Fsp3) is 0.833. The maximum Gasteiger partial charge on any atom is 0.220 e.